The SMILES string of the molecule is C=C(C)C1CC[C@]2(C(C)=O)CC[C@]3(C)C(CCC4[C@@]5(C)CC[C@H](C)[C@@](C)(COC(C)=O)C5CC[C@]43C)C12. The summed E-state index contributed by atoms with van der Waals surface area (Å²) in [6.07, 6.45) is 12.1. The van der Waals surface area contributed by atoms with Crippen molar-refractivity contribution in [2.24, 2.45) is 62.6 Å². The molecule has 0 saturated heterocycles. The number of rotatable bonds is 4. The van der Waals surface area contributed by atoms with Gasteiger partial charge >= 0.3 is 5.97 Å². The number of hydrogen-bond donors (Lipinski definition) is 0. The van der Waals surface area contributed by atoms with Crippen LogP contribution in [0, 0.1) is 62.6 Å². The van der Waals surface area contributed by atoms with E-state index in [1.54, 1.807) is 6.92 Å². The Labute approximate surface area is 227 Å². The highest BCUT2D eigenvalue weighted by Gasteiger charge is 2.71. The summed E-state index contributed by atoms with van der Waals surface area (Å²) in [4.78, 5) is 25.1. The van der Waals surface area contributed by atoms with Crippen LogP contribution < -0.4 is 0 Å². The number of esters is 1. The highest BCUT2D eigenvalue weighted by atomic mass is 16.5. The second-order valence-corrected chi connectivity index (χ2v) is 15.6. The maximum absolute atomic E-state index is 13.3. The Balaban J connectivity index is 1.53. The fourth-order valence-corrected chi connectivity index (χ4v) is 12.2. The Hall–Kier alpha value is -1.12. The predicted molar refractivity (Wildman–Crippen MR) is 150 cm³/mol. The van der Waals surface area contributed by atoms with Gasteiger partial charge in [0, 0.05) is 17.8 Å². The Bertz CT molecular complexity index is 984. The first-order valence-electron chi connectivity index (χ1n) is 15.5. The van der Waals surface area contributed by atoms with Gasteiger partial charge in [-0.05, 0) is 130 Å². The van der Waals surface area contributed by atoms with E-state index in [9.17, 15) is 9.59 Å². The number of carbonyl (C=O) groups excluding carboxylic acids is 2. The summed E-state index contributed by atoms with van der Waals surface area (Å²) in [5, 5.41) is 0. The zero-order valence-electron chi connectivity index (χ0n) is 25.2. The number of carbonyl (C=O) groups is 2. The molecule has 5 rings (SSSR count). The number of fused-ring (bicyclic) bond motifs is 7. The molecule has 0 N–H and O–H groups in total. The first-order valence-corrected chi connectivity index (χ1v) is 15.5. The van der Waals surface area contributed by atoms with Crippen molar-refractivity contribution in [3.05, 3.63) is 12.2 Å². The van der Waals surface area contributed by atoms with E-state index in [1.165, 1.54) is 50.5 Å². The van der Waals surface area contributed by atoms with Crippen LogP contribution in [-0.2, 0) is 14.3 Å². The van der Waals surface area contributed by atoms with Gasteiger partial charge in [0.2, 0.25) is 0 Å². The third kappa shape index (κ3) is 3.49. The van der Waals surface area contributed by atoms with Gasteiger partial charge in [0.25, 0.3) is 0 Å². The molecule has 0 spiro atoms. The lowest BCUT2D eigenvalue weighted by atomic mass is 9.31. The molecule has 37 heavy (non-hydrogen) atoms. The van der Waals surface area contributed by atoms with Crippen molar-refractivity contribution >= 4 is 11.8 Å². The summed E-state index contributed by atoms with van der Waals surface area (Å²) < 4.78 is 5.75. The first-order chi connectivity index (χ1) is 17.2. The average Bonchev–Trinajstić information content (AvgIpc) is 3.22. The topological polar surface area (TPSA) is 43.4 Å². The quantitative estimate of drug-likeness (QED) is 0.282. The molecular formula is C34H54O3. The molecule has 5 aliphatic carbocycles. The third-order valence-corrected chi connectivity index (χ3v) is 14.7. The molecule has 0 radical (unpaired) electrons. The normalized spacial score (nSPS) is 52.8. The lowest BCUT2D eigenvalue weighted by molar-refractivity contribution is -0.246. The summed E-state index contributed by atoms with van der Waals surface area (Å²) in [5.74, 6) is 3.76. The van der Waals surface area contributed by atoms with Gasteiger partial charge in [-0.3, -0.25) is 9.59 Å². The van der Waals surface area contributed by atoms with Crippen molar-refractivity contribution in [2.75, 3.05) is 6.61 Å². The molecule has 0 heterocycles. The van der Waals surface area contributed by atoms with Crippen molar-refractivity contribution < 1.29 is 14.3 Å². The van der Waals surface area contributed by atoms with Gasteiger partial charge in [0.1, 0.15) is 5.78 Å². The van der Waals surface area contributed by atoms with Crippen molar-refractivity contribution in [2.45, 2.75) is 120 Å². The van der Waals surface area contributed by atoms with Gasteiger partial charge in [-0.2, -0.15) is 0 Å². The van der Waals surface area contributed by atoms with E-state index in [-0.39, 0.29) is 33.0 Å². The Kier molecular flexibility index (Phi) is 6.45. The maximum atomic E-state index is 13.3. The molecule has 0 aromatic rings. The molecule has 3 heteroatoms. The molecule has 0 amide bonds. The zero-order chi connectivity index (χ0) is 27.2. The molecule has 5 aliphatic rings. The third-order valence-electron chi connectivity index (χ3n) is 14.7. The van der Waals surface area contributed by atoms with E-state index in [0.717, 1.165) is 19.3 Å². The van der Waals surface area contributed by atoms with Gasteiger partial charge in [0.05, 0.1) is 6.61 Å². The second kappa shape index (κ2) is 8.69. The monoisotopic (exact) mass is 510 g/mol. The summed E-state index contributed by atoms with van der Waals surface area (Å²) in [5.41, 5.74) is 2.07. The van der Waals surface area contributed by atoms with Crippen LogP contribution in [0.1, 0.15) is 120 Å². The van der Waals surface area contributed by atoms with Crippen LogP contribution in [0.15, 0.2) is 12.2 Å². The first kappa shape index (κ1) is 27.4. The lowest BCUT2D eigenvalue weighted by Crippen LogP contribution is -2.67. The van der Waals surface area contributed by atoms with E-state index >= 15 is 0 Å². The van der Waals surface area contributed by atoms with E-state index in [4.69, 9.17) is 4.74 Å². The minimum atomic E-state index is -0.144. The molecule has 5 unspecified atom stereocenters. The summed E-state index contributed by atoms with van der Waals surface area (Å²) in [6, 6.07) is 0. The molecule has 0 aromatic heterocycles. The van der Waals surface area contributed by atoms with Crippen LogP contribution in [0.25, 0.3) is 0 Å². The van der Waals surface area contributed by atoms with Crippen LogP contribution in [0.2, 0.25) is 0 Å². The van der Waals surface area contributed by atoms with E-state index < -0.39 is 0 Å². The Morgan fingerprint density at radius 3 is 2.14 bits per heavy atom. The van der Waals surface area contributed by atoms with Crippen molar-refractivity contribution in [1.29, 1.82) is 0 Å². The van der Waals surface area contributed by atoms with Crippen LogP contribution in [-0.4, -0.2) is 18.4 Å². The standard InChI is InChI=1S/C34H54O3/c1-21(2)25-13-17-34(23(4)35)19-18-32(8)26(29(25)34)10-11-28-30(6)15-12-22(3)31(7,20-37-24(5)36)27(30)14-16-33(28,32)9/h22,25-29H,1,10-20H2,2-9H3/t22-,25?,26?,27?,28?,29?,30-,31+,32+,33+,34+/m0/s1. The molecule has 5 fully saturated rings. The Morgan fingerprint density at radius 2 is 1.51 bits per heavy atom. The Morgan fingerprint density at radius 1 is 0.811 bits per heavy atom. The molecule has 0 bridgehead atoms. The molecular weight excluding hydrogens is 456 g/mol. The van der Waals surface area contributed by atoms with Gasteiger partial charge in [0.15, 0.2) is 0 Å². The number of ether oxygens (including phenoxy) is 1. The van der Waals surface area contributed by atoms with Crippen LogP contribution in [0.3, 0.4) is 0 Å². The highest BCUT2D eigenvalue weighted by molar-refractivity contribution is 5.83. The molecule has 3 nitrogen and oxygen atoms in total. The highest BCUT2D eigenvalue weighted by Crippen LogP contribution is 2.77. The molecule has 0 aliphatic heterocycles. The fraction of sp³-hybridized carbons (Fsp3) is 0.882. The molecule has 11 atom stereocenters. The minimum absolute atomic E-state index is 0.0462. The number of ketones is 1. The van der Waals surface area contributed by atoms with Crippen LogP contribution in [0.5, 0.6) is 0 Å². The summed E-state index contributed by atoms with van der Waals surface area (Å²) in [7, 11) is 0. The average molecular weight is 511 g/mol. The van der Waals surface area contributed by atoms with E-state index in [0.29, 0.717) is 47.9 Å². The van der Waals surface area contributed by atoms with Gasteiger partial charge in [-0.15, -0.1) is 0 Å². The van der Waals surface area contributed by atoms with Gasteiger partial charge < -0.3 is 4.74 Å². The second-order valence-electron chi connectivity index (χ2n) is 15.6. The molecule has 0 aromatic carbocycles. The zero-order valence-corrected chi connectivity index (χ0v) is 25.2. The fourth-order valence-electron chi connectivity index (χ4n) is 12.2. The van der Waals surface area contributed by atoms with Crippen LogP contribution in [0.4, 0.5) is 0 Å². The smallest absolute Gasteiger partial charge is 0.302 e. The van der Waals surface area contributed by atoms with E-state index in [1.807, 2.05) is 6.92 Å². The number of Topliss-reactive ketones (excluding diaryl/α,β-unsaturated/α-hetero) is 1. The van der Waals surface area contributed by atoms with E-state index in [2.05, 4.69) is 48.1 Å². The van der Waals surface area contributed by atoms with Gasteiger partial charge in [-0.25, -0.2) is 0 Å². The maximum Gasteiger partial charge on any atom is 0.302 e. The molecule has 208 valence electrons. The summed E-state index contributed by atoms with van der Waals surface area (Å²) >= 11 is 0. The number of hydrogen-bond acceptors (Lipinski definition) is 3. The minimum Gasteiger partial charge on any atom is -0.465 e. The van der Waals surface area contributed by atoms with Crippen LogP contribution >= 0.6 is 0 Å². The van der Waals surface area contributed by atoms with Crippen molar-refractivity contribution in [1.82, 2.24) is 0 Å². The number of allylic oxidation sites excluding steroid dienone is 1. The largest absolute Gasteiger partial charge is 0.465 e. The van der Waals surface area contributed by atoms with Crippen molar-refractivity contribution in [3.8, 4) is 0 Å². The molecule has 5 saturated carbocycles. The summed E-state index contributed by atoms with van der Waals surface area (Å²) in [6.45, 7) is 23.4. The van der Waals surface area contributed by atoms with Gasteiger partial charge in [-0.1, -0.05) is 46.8 Å². The van der Waals surface area contributed by atoms with Crippen molar-refractivity contribution in [3.63, 3.8) is 0 Å². The predicted octanol–water partition coefficient (Wildman–Crippen LogP) is 8.41. The lowest BCUT2D eigenvalue weighted by Gasteiger charge is -2.73.